The molecule has 104 valence electrons. The number of hydrazone groups is 1. The highest BCUT2D eigenvalue weighted by molar-refractivity contribution is 7.11. The Morgan fingerprint density at radius 1 is 1.42 bits per heavy atom. The fraction of sp³-hybridized carbons (Fsp3) is 0.538. The van der Waals surface area contributed by atoms with Crippen LogP contribution in [0.2, 0.25) is 0 Å². The molecule has 0 unspecified atom stereocenters. The van der Waals surface area contributed by atoms with Crippen LogP contribution < -0.4 is 11.2 Å². The van der Waals surface area contributed by atoms with Gasteiger partial charge < -0.3 is 5.73 Å². The number of rotatable bonds is 4. The van der Waals surface area contributed by atoms with Crippen molar-refractivity contribution in [3.8, 4) is 0 Å². The van der Waals surface area contributed by atoms with Crippen LogP contribution in [0.5, 0.6) is 0 Å². The van der Waals surface area contributed by atoms with Gasteiger partial charge in [0.1, 0.15) is 0 Å². The third kappa shape index (κ3) is 5.00. The molecular formula is C13H20N4OS. The molecule has 1 aliphatic rings. The molecule has 0 spiro atoms. The number of urea groups is 1. The first-order chi connectivity index (χ1) is 9.24. The van der Waals surface area contributed by atoms with Crippen LogP contribution in [0.1, 0.15) is 36.1 Å². The zero-order valence-electron chi connectivity index (χ0n) is 11.0. The lowest BCUT2D eigenvalue weighted by Crippen LogP contribution is -2.24. The fourth-order valence-corrected chi connectivity index (χ4v) is 3.02. The van der Waals surface area contributed by atoms with Gasteiger partial charge in [0, 0.05) is 11.4 Å². The maximum Gasteiger partial charge on any atom is 0.332 e. The molecule has 19 heavy (non-hydrogen) atoms. The van der Waals surface area contributed by atoms with Gasteiger partial charge in [-0.2, -0.15) is 5.10 Å². The lowest BCUT2D eigenvalue weighted by atomic mass is 10.2. The van der Waals surface area contributed by atoms with E-state index in [1.165, 1.54) is 44.3 Å². The van der Waals surface area contributed by atoms with Crippen molar-refractivity contribution in [1.29, 1.82) is 0 Å². The van der Waals surface area contributed by atoms with Crippen LogP contribution >= 0.6 is 11.3 Å². The molecule has 1 aromatic heterocycles. The second kappa shape index (κ2) is 7.25. The summed E-state index contributed by atoms with van der Waals surface area (Å²) in [6.45, 7) is 3.40. The molecule has 1 aromatic rings. The smallest absolute Gasteiger partial charge is 0.332 e. The second-order valence-corrected chi connectivity index (χ2v) is 5.72. The van der Waals surface area contributed by atoms with Crippen LogP contribution in [-0.4, -0.2) is 30.2 Å². The van der Waals surface area contributed by atoms with Gasteiger partial charge in [-0.15, -0.1) is 11.3 Å². The van der Waals surface area contributed by atoms with Crippen LogP contribution in [0.15, 0.2) is 16.5 Å². The van der Waals surface area contributed by atoms with Crippen LogP contribution in [0.3, 0.4) is 0 Å². The summed E-state index contributed by atoms with van der Waals surface area (Å²) in [4.78, 5) is 14.0. The second-order valence-electron chi connectivity index (χ2n) is 4.78. The Balaban J connectivity index is 1.85. The fourth-order valence-electron chi connectivity index (χ4n) is 2.26. The minimum atomic E-state index is -0.641. The van der Waals surface area contributed by atoms with Gasteiger partial charge in [0.15, 0.2) is 0 Å². The average molecular weight is 280 g/mol. The molecule has 5 nitrogen and oxygen atoms in total. The molecule has 0 saturated carbocycles. The van der Waals surface area contributed by atoms with Gasteiger partial charge >= 0.3 is 6.03 Å². The first kappa shape index (κ1) is 14.0. The lowest BCUT2D eigenvalue weighted by Gasteiger charge is -2.18. The Morgan fingerprint density at radius 2 is 2.16 bits per heavy atom. The summed E-state index contributed by atoms with van der Waals surface area (Å²) in [5.74, 6) is 0. The van der Waals surface area contributed by atoms with E-state index < -0.39 is 6.03 Å². The van der Waals surface area contributed by atoms with Crippen molar-refractivity contribution in [2.75, 3.05) is 13.1 Å². The van der Waals surface area contributed by atoms with Crippen molar-refractivity contribution >= 4 is 23.6 Å². The normalized spacial score (nSPS) is 17.5. The number of hydrogen-bond acceptors (Lipinski definition) is 4. The van der Waals surface area contributed by atoms with E-state index in [9.17, 15) is 4.79 Å². The van der Waals surface area contributed by atoms with Crippen LogP contribution in [0, 0.1) is 0 Å². The number of thiophene rings is 1. The average Bonchev–Trinajstić information content (AvgIpc) is 2.65. The summed E-state index contributed by atoms with van der Waals surface area (Å²) in [6, 6.07) is 1.47. The van der Waals surface area contributed by atoms with Crippen molar-refractivity contribution < 1.29 is 4.79 Å². The number of primary amides is 1. The first-order valence-electron chi connectivity index (χ1n) is 6.62. The van der Waals surface area contributed by atoms with E-state index in [4.69, 9.17) is 5.73 Å². The topological polar surface area (TPSA) is 70.7 Å². The quantitative estimate of drug-likeness (QED) is 0.655. The standard InChI is InChI=1S/C13H20N4OS/c14-13(18)16-15-8-12-7-11(10-19-12)9-17-5-3-1-2-4-6-17/h7-8,10H,1-6,9H2,(H3,14,16,18)/b15-8+. The Kier molecular flexibility index (Phi) is 5.35. The first-order valence-corrected chi connectivity index (χ1v) is 7.50. The van der Waals surface area contributed by atoms with Crippen LogP contribution in [-0.2, 0) is 6.54 Å². The van der Waals surface area contributed by atoms with Gasteiger partial charge in [0.05, 0.1) is 6.21 Å². The maximum atomic E-state index is 10.5. The predicted octanol–water partition coefficient (Wildman–Crippen LogP) is 2.13. The number of nitrogens with two attached hydrogens (primary N) is 1. The van der Waals surface area contributed by atoms with E-state index in [0.29, 0.717) is 0 Å². The monoisotopic (exact) mass is 280 g/mol. The molecule has 1 aliphatic heterocycles. The lowest BCUT2D eigenvalue weighted by molar-refractivity contribution is 0.249. The SMILES string of the molecule is NC(=O)N/N=C/c1cc(CN2CCCCCC2)cs1. The predicted molar refractivity (Wildman–Crippen MR) is 78.4 cm³/mol. The molecule has 0 aromatic carbocycles. The van der Waals surface area contributed by atoms with E-state index >= 15 is 0 Å². The highest BCUT2D eigenvalue weighted by Gasteiger charge is 2.10. The van der Waals surface area contributed by atoms with E-state index in [2.05, 4.69) is 26.9 Å². The Hall–Kier alpha value is -1.40. The summed E-state index contributed by atoms with van der Waals surface area (Å²) in [6.07, 6.45) is 6.96. The number of nitrogens with zero attached hydrogens (tertiary/aromatic N) is 2. The van der Waals surface area contributed by atoms with E-state index in [1.54, 1.807) is 17.6 Å². The maximum absolute atomic E-state index is 10.5. The third-order valence-corrected chi connectivity index (χ3v) is 4.06. The third-order valence-electron chi connectivity index (χ3n) is 3.15. The largest absolute Gasteiger partial charge is 0.350 e. The molecule has 3 N–H and O–H groups in total. The summed E-state index contributed by atoms with van der Waals surface area (Å²) < 4.78 is 0. The van der Waals surface area contributed by atoms with Gasteiger partial charge in [0.2, 0.25) is 0 Å². The van der Waals surface area contributed by atoms with E-state index in [-0.39, 0.29) is 0 Å². The molecule has 0 bridgehead atoms. The molecule has 0 radical (unpaired) electrons. The van der Waals surface area contributed by atoms with Crippen molar-refractivity contribution in [2.24, 2.45) is 10.8 Å². The summed E-state index contributed by atoms with van der Waals surface area (Å²) >= 11 is 1.63. The highest BCUT2D eigenvalue weighted by Crippen LogP contribution is 2.17. The van der Waals surface area contributed by atoms with E-state index in [1.807, 2.05) is 0 Å². The van der Waals surface area contributed by atoms with Crippen LogP contribution in [0.4, 0.5) is 4.79 Å². The van der Waals surface area contributed by atoms with Gasteiger partial charge in [0.25, 0.3) is 0 Å². The van der Waals surface area contributed by atoms with E-state index in [0.717, 1.165) is 11.4 Å². The van der Waals surface area contributed by atoms with Gasteiger partial charge in [-0.25, -0.2) is 10.2 Å². The number of amides is 2. The zero-order valence-corrected chi connectivity index (χ0v) is 11.8. The molecule has 1 fully saturated rings. The zero-order chi connectivity index (χ0) is 13.5. The van der Waals surface area contributed by atoms with Crippen LogP contribution in [0.25, 0.3) is 0 Å². The number of likely N-dealkylation sites (tertiary alicyclic amines) is 1. The van der Waals surface area contributed by atoms with Gasteiger partial charge in [-0.1, -0.05) is 12.8 Å². The Labute approximate surface area is 117 Å². The Bertz CT molecular complexity index is 436. The molecular weight excluding hydrogens is 260 g/mol. The van der Waals surface area contributed by atoms with Crippen molar-refractivity contribution in [1.82, 2.24) is 10.3 Å². The van der Waals surface area contributed by atoms with Gasteiger partial charge in [-0.05, 0) is 42.9 Å². The number of carbonyl (C=O) groups excluding carboxylic acids is 1. The summed E-state index contributed by atoms with van der Waals surface area (Å²) in [5, 5.41) is 5.91. The molecule has 1 saturated heterocycles. The van der Waals surface area contributed by atoms with Gasteiger partial charge in [-0.3, -0.25) is 4.90 Å². The van der Waals surface area contributed by atoms with Crippen molar-refractivity contribution in [3.05, 3.63) is 21.9 Å². The molecule has 2 rings (SSSR count). The molecule has 0 atom stereocenters. The molecule has 6 heteroatoms. The van der Waals surface area contributed by atoms with Crippen molar-refractivity contribution in [2.45, 2.75) is 32.2 Å². The number of hydrogen-bond donors (Lipinski definition) is 2. The number of nitrogens with one attached hydrogen (secondary N) is 1. The highest BCUT2D eigenvalue weighted by atomic mass is 32.1. The molecule has 2 amide bonds. The number of carbonyl (C=O) groups is 1. The summed E-state index contributed by atoms with van der Waals surface area (Å²) in [7, 11) is 0. The minimum absolute atomic E-state index is 0.641. The van der Waals surface area contributed by atoms with Crippen molar-refractivity contribution in [3.63, 3.8) is 0 Å². The molecule has 0 aliphatic carbocycles. The minimum Gasteiger partial charge on any atom is -0.350 e. The summed E-state index contributed by atoms with van der Waals surface area (Å²) in [5.41, 5.74) is 8.44. The molecule has 2 heterocycles. The Morgan fingerprint density at radius 3 is 2.84 bits per heavy atom.